The molecule has 0 saturated heterocycles. The number of pyridine rings is 1. The van der Waals surface area contributed by atoms with Crippen LogP contribution in [0.1, 0.15) is 18.2 Å². The van der Waals surface area contributed by atoms with Crippen molar-refractivity contribution in [1.82, 2.24) is 29.8 Å². The molecule has 0 aliphatic heterocycles. The van der Waals surface area contributed by atoms with Crippen molar-refractivity contribution in [3.05, 3.63) is 47.1 Å². The maximum atomic E-state index is 12.3. The summed E-state index contributed by atoms with van der Waals surface area (Å²) < 4.78 is 33.1. The third-order valence-electron chi connectivity index (χ3n) is 3.66. The molecule has 132 valence electrons. The highest BCUT2D eigenvalue weighted by atomic mass is 79.9. The summed E-state index contributed by atoms with van der Waals surface area (Å²) in [5, 5.41) is 12.1. The number of aromatic nitrogens is 6. The molecule has 1 unspecified atom stereocenters. The first kappa shape index (κ1) is 17.6. The Morgan fingerprint density at radius 2 is 2.08 bits per heavy atom. The normalized spacial score (nSPS) is 12.7. The molecular weight excluding hydrogens is 398 g/mol. The zero-order valence-electron chi connectivity index (χ0n) is 13.3. The second kappa shape index (κ2) is 7.79. The van der Waals surface area contributed by atoms with Crippen molar-refractivity contribution in [3.63, 3.8) is 0 Å². The molecule has 3 aromatic heterocycles. The van der Waals surface area contributed by atoms with Crippen LogP contribution in [0.5, 0.6) is 0 Å². The number of nitrogens with zero attached hydrogens (tertiary/aromatic N) is 6. The average molecular weight is 413 g/mol. The van der Waals surface area contributed by atoms with Gasteiger partial charge in [-0.25, -0.2) is 4.68 Å². The van der Waals surface area contributed by atoms with Gasteiger partial charge in [-0.1, -0.05) is 5.21 Å². The molecule has 0 aromatic carbocycles. The fraction of sp³-hybridized carbons (Fsp3) is 0.333. The van der Waals surface area contributed by atoms with Crippen molar-refractivity contribution < 1.29 is 13.5 Å². The summed E-state index contributed by atoms with van der Waals surface area (Å²) in [4.78, 5) is 4.36. The minimum Gasteiger partial charge on any atom is -0.323 e. The minimum absolute atomic E-state index is 0.109. The Labute approximate surface area is 150 Å². The van der Waals surface area contributed by atoms with Crippen molar-refractivity contribution >= 4 is 15.9 Å². The quantitative estimate of drug-likeness (QED) is 0.596. The van der Waals surface area contributed by atoms with Gasteiger partial charge in [-0.05, 0) is 34.5 Å². The summed E-state index contributed by atoms with van der Waals surface area (Å²) in [5.41, 5.74) is 2.33. The molecule has 0 radical (unpaired) electrons. The zero-order valence-corrected chi connectivity index (χ0v) is 14.8. The lowest BCUT2D eigenvalue weighted by molar-refractivity contribution is -0.130. The molecular formula is C15H15BrF2N6O. The van der Waals surface area contributed by atoms with Crippen molar-refractivity contribution in [2.24, 2.45) is 7.05 Å². The van der Waals surface area contributed by atoms with Crippen molar-refractivity contribution in [3.8, 4) is 11.3 Å². The number of halogens is 3. The molecule has 0 saturated carbocycles. The van der Waals surface area contributed by atoms with Gasteiger partial charge in [0.05, 0.1) is 36.4 Å². The van der Waals surface area contributed by atoms with Crippen LogP contribution >= 0.6 is 15.9 Å². The summed E-state index contributed by atoms with van der Waals surface area (Å²) in [6, 6.07) is 3.34. The first-order valence-corrected chi connectivity index (χ1v) is 8.24. The lowest BCUT2D eigenvalue weighted by Gasteiger charge is -2.17. The SMILES string of the molecule is Cn1nncc1-c1cnn(C(CCOC(F)F)c2ccc(Br)cn2)c1. The van der Waals surface area contributed by atoms with Gasteiger partial charge in [-0.2, -0.15) is 13.9 Å². The third-order valence-corrected chi connectivity index (χ3v) is 4.13. The molecule has 0 spiro atoms. The Hall–Kier alpha value is -2.20. The van der Waals surface area contributed by atoms with Gasteiger partial charge < -0.3 is 4.74 Å². The topological polar surface area (TPSA) is 70.7 Å². The van der Waals surface area contributed by atoms with E-state index in [1.807, 2.05) is 18.3 Å². The smallest absolute Gasteiger partial charge is 0.323 e. The number of ether oxygens (including phenoxy) is 1. The number of rotatable bonds is 7. The minimum atomic E-state index is -2.80. The van der Waals surface area contributed by atoms with Crippen LogP contribution in [0.15, 0.2) is 41.4 Å². The molecule has 0 N–H and O–H groups in total. The van der Waals surface area contributed by atoms with E-state index >= 15 is 0 Å². The van der Waals surface area contributed by atoms with Crippen molar-refractivity contribution in [2.45, 2.75) is 19.1 Å². The van der Waals surface area contributed by atoms with Crippen LogP contribution in [0, 0.1) is 0 Å². The van der Waals surface area contributed by atoms with Crippen LogP contribution in [0.4, 0.5) is 8.78 Å². The van der Waals surface area contributed by atoms with Crippen molar-refractivity contribution in [2.75, 3.05) is 6.61 Å². The van der Waals surface area contributed by atoms with E-state index in [-0.39, 0.29) is 12.6 Å². The fourth-order valence-corrected chi connectivity index (χ4v) is 2.70. The lowest BCUT2D eigenvalue weighted by Crippen LogP contribution is -2.16. The molecule has 0 aliphatic carbocycles. The van der Waals surface area contributed by atoms with Gasteiger partial charge in [0.2, 0.25) is 0 Å². The second-order valence-electron chi connectivity index (χ2n) is 5.29. The number of aryl methyl sites for hydroxylation is 1. The lowest BCUT2D eigenvalue weighted by atomic mass is 10.1. The van der Waals surface area contributed by atoms with Gasteiger partial charge in [-0.3, -0.25) is 9.67 Å². The highest BCUT2D eigenvalue weighted by Crippen LogP contribution is 2.24. The van der Waals surface area contributed by atoms with Crippen LogP contribution < -0.4 is 0 Å². The summed E-state index contributed by atoms with van der Waals surface area (Å²) in [7, 11) is 1.78. The molecule has 1 atom stereocenters. The van der Waals surface area contributed by atoms with Gasteiger partial charge in [0, 0.05) is 29.5 Å². The average Bonchev–Trinajstić information content (AvgIpc) is 3.21. The Balaban J connectivity index is 1.87. The van der Waals surface area contributed by atoms with Crippen LogP contribution in [-0.2, 0) is 11.8 Å². The summed E-state index contributed by atoms with van der Waals surface area (Å²) in [5.74, 6) is 0. The van der Waals surface area contributed by atoms with Gasteiger partial charge >= 0.3 is 6.61 Å². The Kier molecular flexibility index (Phi) is 5.49. The first-order chi connectivity index (χ1) is 12.0. The summed E-state index contributed by atoms with van der Waals surface area (Å²) >= 11 is 3.34. The number of hydrogen-bond donors (Lipinski definition) is 0. The van der Waals surface area contributed by atoms with Crippen LogP contribution in [0.2, 0.25) is 0 Å². The molecule has 0 aliphatic rings. The van der Waals surface area contributed by atoms with E-state index in [4.69, 9.17) is 0 Å². The van der Waals surface area contributed by atoms with E-state index in [1.54, 1.807) is 35.0 Å². The highest BCUT2D eigenvalue weighted by Gasteiger charge is 2.18. The van der Waals surface area contributed by atoms with Crippen LogP contribution in [0.3, 0.4) is 0 Å². The third kappa shape index (κ3) is 4.26. The second-order valence-corrected chi connectivity index (χ2v) is 6.20. The molecule has 3 rings (SSSR count). The Morgan fingerprint density at radius 3 is 2.72 bits per heavy atom. The van der Waals surface area contributed by atoms with Crippen LogP contribution in [-0.4, -0.2) is 43.0 Å². The predicted octanol–water partition coefficient (Wildman–Crippen LogP) is 3.05. The zero-order chi connectivity index (χ0) is 17.8. The largest absolute Gasteiger partial charge is 0.345 e. The van der Waals surface area contributed by atoms with Gasteiger partial charge in [0.15, 0.2) is 0 Å². The van der Waals surface area contributed by atoms with E-state index in [1.165, 1.54) is 0 Å². The fourth-order valence-electron chi connectivity index (χ4n) is 2.46. The maximum absolute atomic E-state index is 12.3. The number of hydrogen-bond acceptors (Lipinski definition) is 5. The van der Waals surface area contributed by atoms with E-state index < -0.39 is 6.61 Å². The monoisotopic (exact) mass is 412 g/mol. The molecule has 3 aromatic rings. The van der Waals surface area contributed by atoms with E-state index in [0.29, 0.717) is 12.1 Å². The Morgan fingerprint density at radius 1 is 1.24 bits per heavy atom. The predicted molar refractivity (Wildman–Crippen MR) is 88.9 cm³/mol. The first-order valence-electron chi connectivity index (χ1n) is 7.45. The van der Waals surface area contributed by atoms with E-state index in [2.05, 4.69) is 41.1 Å². The van der Waals surface area contributed by atoms with Crippen molar-refractivity contribution in [1.29, 1.82) is 0 Å². The summed E-state index contributed by atoms with van der Waals surface area (Å²) in [6.07, 6.45) is 7.09. The number of alkyl halides is 2. The molecule has 25 heavy (non-hydrogen) atoms. The molecule has 0 fully saturated rings. The molecule has 10 heteroatoms. The van der Waals surface area contributed by atoms with Gasteiger partial charge in [0.25, 0.3) is 0 Å². The summed E-state index contributed by atoms with van der Waals surface area (Å²) in [6.45, 7) is -2.91. The van der Waals surface area contributed by atoms with E-state index in [0.717, 1.165) is 15.7 Å². The van der Waals surface area contributed by atoms with Gasteiger partial charge in [0.1, 0.15) is 0 Å². The molecule has 3 heterocycles. The standard InChI is InChI=1S/C15H15BrF2N6O/c1-23-14(8-20-22-23)10-6-21-24(9-10)13(4-5-25-15(17)18)12-3-2-11(16)7-19-12/h2-3,6-9,13,15H,4-5H2,1H3. The van der Waals surface area contributed by atoms with Crippen LogP contribution in [0.25, 0.3) is 11.3 Å². The molecule has 0 amide bonds. The molecule has 0 bridgehead atoms. The van der Waals surface area contributed by atoms with Gasteiger partial charge in [-0.15, -0.1) is 5.10 Å². The Bertz CT molecular complexity index is 820. The highest BCUT2D eigenvalue weighted by molar-refractivity contribution is 9.10. The maximum Gasteiger partial charge on any atom is 0.345 e. The van der Waals surface area contributed by atoms with E-state index in [9.17, 15) is 8.78 Å². The molecule has 7 nitrogen and oxygen atoms in total.